The first kappa shape index (κ1) is 10.1. The van der Waals surface area contributed by atoms with E-state index in [-0.39, 0.29) is 13.0 Å². The fourth-order valence-electron chi connectivity index (χ4n) is 1.13. The topological polar surface area (TPSA) is 102 Å². The Hall–Kier alpha value is -0.980. The van der Waals surface area contributed by atoms with Gasteiger partial charge in [-0.25, -0.2) is 4.79 Å². The Morgan fingerprint density at radius 2 is 2.31 bits per heavy atom. The van der Waals surface area contributed by atoms with Crippen LogP contribution in [0.5, 0.6) is 0 Å². The highest BCUT2D eigenvalue weighted by atomic mass is 16.6. The quantitative estimate of drug-likeness (QED) is 0.345. The number of hydrogen-bond acceptors (Lipinski definition) is 6. The molecule has 1 fully saturated rings. The van der Waals surface area contributed by atoms with Crippen LogP contribution in [0.4, 0.5) is 0 Å². The van der Waals surface area contributed by atoms with Gasteiger partial charge < -0.3 is 15.6 Å². The lowest BCUT2D eigenvalue weighted by Gasteiger charge is -2.18. The van der Waals surface area contributed by atoms with E-state index in [9.17, 15) is 14.7 Å². The van der Waals surface area contributed by atoms with E-state index in [0.717, 1.165) is 0 Å². The molecular formula is C7H12N2O4. The number of nitrogens with two attached hydrogens (primary N) is 1. The van der Waals surface area contributed by atoms with Gasteiger partial charge in [0.25, 0.3) is 0 Å². The van der Waals surface area contributed by atoms with Crippen LogP contribution in [-0.4, -0.2) is 35.9 Å². The van der Waals surface area contributed by atoms with E-state index < -0.39 is 17.7 Å². The van der Waals surface area contributed by atoms with Crippen LogP contribution in [0, 0.1) is 0 Å². The highest BCUT2D eigenvalue weighted by Crippen LogP contribution is 2.17. The summed E-state index contributed by atoms with van der Waals surface area (Å²) in [5, 5.41) is 12.1. The molecule has 1 rings (SSSR count). The molecule has 0 radical (unpaired) electrons. The number of aliphatic hydroxyl groups is 1. The summed E-state index contributed by atoms with van der Waals surface area (Å²) >= 11 is 0. The zero-order chi connectivity index (χ0) is 9.90. The minimum absolute atomic E-state index is 0.254. The average molecular weight is 188 g/mol. The van der Waals surface area contributed by atoms with Crippen molar-refractivity contribution in [3.05, 3.63) is 0 Å². The zero-order valence-corrected chi connectivity index (χ0v) is 7.08. The lowest BCUT2D eigenvalue weighted by Crippen LogP contribution is -2.49. The predicted molar refractivity (Wildman–Crippen MR) is 42.3 cm³/mol. The van der Waals surface area contributed by atoms with Crippen LogP contribution in [0.25, 0.3) is 0 Å². The minimum atomic E-state index is -1.70. The molecule has 0 aromatic heterocycles. The Bertz CT molecular complexity index is 223. The van der Waals surface area contributed by atoms with Gasteiger partial charge >= 0.3 is 11.9 Å². The molecule has 1 aliphatic heterocycles. The van der Waals surface area contributed by atoms with Crippen molar-refractivity contribution < 1.29 is 19.4 Å². The Morgan fingerprint density at radius 1 is 1.62 bits per heavy atom. The zero-order valence-electron chi connectivity index (χ0n) is 7.08. The molecule has 1 heterocycles. The van der Waals surface area contributed by atoms with E-state index in [1.54, 1.807) is 0 Å². The van der Waals surface area contributed by atoms with Crippen LogP contribution in [0.2, 0.25) is 0 Å². The van der Waals surface area contributed by atoms with Crippen molar-refractivity contribution in [2.45, 2.75) is 18.6 Å². The summed E-state index contributed by atoms with van der Waals surface area (Å²) in [6, 6.07) is 0. The van der Waals surface area contributed by atoms with Gasteiger partial charge in [0.05, 0.1) is 6.54 Å². The molecule has 6 nitrogen and oxygen atoms in total. The first-order chi connectivity index (χ1) is 6.08. The van der Waals surface area contributed by atoms with E-state index in [4.69, 9.17) is 5.73 Å². The van der Waals surface area contributed by atoms with E-state index >= 15 is 0 Å². The number of ether oxygens (including phenoxy) is 1. The molecule has 1 atom stereocenters. The molecule has 0 bridgehead atoms. The molecule has 0 spiro atoms. The van der Waals surface area contributed by atoms with Crippen LogP contribution in [0.15, 0.2) is 0 Å². The average Bonchev–Trinajstić information content (AvgIpc) is 2.53. The predicted octanol–water partition coefficient (Wildman–Crippen LogP) is -1.91. The molecule has 0 saturated carbocycles. The maximum atomic E-state index is 11.1. The molecule has 0 aliphatic carbocycles. The Kier molecular flexibility index (Phi) is 2.97. The second-order valence-corrected chi connectivity index (χ2v) is 2.86. The van der Waals surface area contributed by atoms with Gasteiger partial charge in [-0.3, -0.25) is 10.1 Å². The molecule has 0 amide bonds. The first-order valence-electron chi connectivity index (χ1n) is 4.01. The summed E-state index contributed by atoms with van der Waals surface area (Å²) < 4.78 is 4.27. The highest BCUT2D eigenvalue weighted by molar-refractivity contribution is 5.90. The number of hydrogen-bond donors (Lipinski definition) is 3. The summed E-state index contributed by atoms with van der Waals surface area (Å²) in [5.41, 5.74) is 3.23. The third kappa shape index (κ3) is 2.24. The number of rotatable bonds is 2. The Balaban J connectivity index is 2.51. The monoisotopic (exact) mass is 188 g/mol. The van der Waals surface area contributed by atoms with Crippen molar-refractivity contribution in [3.63, 3.8) is 0 Å². The number of carbonyl (C=O) groups excluding carboxylic acids is 2. The molecule has 4 N–H and O–H groups in total. The van der Waals surface area contributed by atoms with Crippen LogP contribution in [-0.2, 0) is 14.3 Å². The number of carbonyl (C=O) groups is 2. The van der Waals surface area contributed by atoms with E-state index in [2.05, 4.69) is 10.1 Å². The van der Waals surface area contributed by atoms with Crippen molar-refractivity contribution >= 4 is 11.9 Å². The van der Waals surface area contributed by atoms with E-state index in [1.165, 1.54) is 0 Å². The van der Waals surface area contributed by atoms with Crippen molar-refractivity contribution in [1.82, 2.24) is 5.32 Å². The molecule has 1 aliphatic rings. The van der Waals surface area contributed by atoms with Crippen LogP contribution < -0.4 is 11.1 Å². The van der Waals surface area contributed by atoms with Crippen LogP contribution >= 0.6 is 0 Å². The second kappa shape index (κ2) is 3.82. The summed E-state index contributed by atoms with van der Waals surface area (Å²) in [4.78, 5) is 21.7. The molecule has 13 heavy (non-hydrogen) atoms. The lowest BCUT2D eigenvalue weighted by molar-refractivity contribution is -0.174. The standard InChI is InChI=1S/C7H12N2O4/c8-4-5(10)13-6(11)7(12)2-1-3-9-7/h9,12H,1-4,8H2/t7-/m1/s1. The molecule has 0 aromatic rings. The van der Waals surface area contributed by atoms with Crippen LogP contribution in [0.3, 0.4) is 0 Å². The van der Waals surface area contributed by atoms with Gasteiger partial charge in [-0.2, -0.15) is 0 Å². The summed E-state index contributed by atoms with van der Waals surface area (Å²) in [5.74, 6) is -1.81. The Labute approximate surface area is 75.0 Å². The fraction of sp³-hybridized carbons (Fsp3) is 0.714. The van der Waals surface area contributed by atoms with Crippen molar-refractivity contribution in [3.8, 4) is 0 Å². The van der Waals surface area contributed by atoms with Gasteiger partial charge in [-0.05, 0) is 13.0 Å². The van der Waals surface area contributed by atoms with E-state index in [0.29, 0.717) is 13.0 Å². The van der Waals surface area contributed by atoms with Gasteiger partial charge in [0.2, 0.25) is 5.72 Å². The normalized spacial score (nSPS) is 27.2. The molecule has 1 saturated heterocycles. The van der Waals surface area contributed by atoms with Crippen molar-refractivity contribution in [2.24, 2.45) is 5.73 Å². The minimum Gasteiger partial charge on any atom is -0.389 e. The first-order valence-corrected chi connectivity index (χ1v) is 4.01. The molecule has 0 unspecified atom stereocenters. The molecule has 74 valence electrons. The third-order valence-electron chi connectivity index (χ3n) is 1.84. The Morgan fingerprint density at radius 3 is 2.77 bits per heavy atom. The van der Waals surface area contributed by atoms with Gasteiger partial charge in [0, 0.05) is 6.42 Å². The van der Waals surface area contributed by atoms with Crippen molar-refractivity contribution in [1.29, 1.82) is 0 Å². The summed E-state index contributed by atoms with van der Waals surface area (Å²) in [6.45, 7) is 0.157. The van der Waals surface area contributed by atoms with E-state index in [1.807, 2.05) is 0 Å². The third-order valence-corrected chi connectivity index (χ3v) is 1.84. The van der Waals surface area contributed by atoms with Gasteiger partial charge in [0.1, 0.15) is 0 Å². The lowest BCUT2D eigenvalue weighted by atomic mass is 10.2. The number of esters is 2. The second-order valence-electron chi connectivity index (χ2n) is 2.86. The smallest absolute Gasteiger partial charge is 0.361 e. The van der Waals surface area contributed by atoms with Crippen molar-refractivity contribution in [2.75, 3.05) is 13.1 Å². The molecule has 0 aromatic carbocycles. The van der Waals surface area contributed by atoms with Gasteiger partial charge in [0.15, 0.2) is 0 Å². The fourth-order valence-corrected chi connectivity index (χ4v) is 1.13. The summed E-state index contributed by atoms with van der Waals surface area (Å²) in [7, 11) is 0. The largest absolute Gasteiger partial charge is 0.389 e. The number of nitrogens with one attached hydrogen (secondary N) is 1. The highest BCUT2D eigenvalue weighted by Gasteiger charge is 2.41. The molecule has 6 heteroatoms. The van der Waals surface area contributed by atoms with Gasteiger partial charge in [-0.1, -0.05) is 0 Å². The molecular weight excluding hydrogens is 176 g/mol. The van der Waals surface area contributed by atoms with Crippen LogP contribution in [0.1, 0.15) is 12.8 Å². The maximum absolute atomic E-state index is 11.1. The maximum Gasteiger partial charge on any atom is 0.361 e. The summed E-state index contributed by atoms with van der Waals surface area (Å²) in [6.07, 6.45) is 0.923. The van der Waals surface area contributed by atoms with Gasteiger partial charge in [-0.15, -0.1) is 0 Å². The SMILES string of the molecule is NCC(=O)OC(=O)[C@]1(O)CCCN1.